The maximum atomic E-state index is 12.3. The number of likely N-dealkylation sites (tertiary alicyclic amines) is 1. The molecule has 1 aromatic carbocycles. The lowest BCUT2D eigenvalue weighted by Crippen LogP contribution is -2.51. The van der Waals surface area contributed by atoms with Gasteiger partial charge in [0.25, 0.3) is 5.91 Å². The van der Waals surface area contributed by atoms with Crippen molar-refractivity contribution in [3.05, 3.63) is 36.2 Å². The minimum absolute atomic E-state index is 0.00768. The lowest BCUT2D eigenvalue weighted by atomic mass is 10.1. The van der Waals surface area contributed by atoms with Crippen molar-refractivity contribution in [3.8, 4) is 11.5 Å². The summed E-state index contributed by atoms with van der Waals surface area (Å²) in [6.07, 6.45) is 3.28. The van der Waals surface area contributed by atoms with Gasteiger partial charge in [0.05, 0.1) is 12.4 Å². The van der Waals surface area contributed by atoms with Gasteiger partial charge in [0.15, 0.2) is 11.5 Å². The highest BCUT2D eigenvalue weighted by Gasteiger charge is 2.34. The first-order valence-electron chi connectivity index (χ1n) is 6.36. The van der Waals surface area contributed by atoms with Gasteiger partial charge in [-0.25, -0.2) is 0 Å². The van der Waals surface area contributed by atoms with Crippen molar-refractivity contribution < 1.29 is 14.3 Å². The van der Waals surface area contributed by atoms with Crippen LogP contribution in [-0.4, -0.2) is 45.7 Å². The SMILES string of the molecule is O=C(c1ccc2c(c1)OCO2)N1CC(n2nccn2)C1. The first kappa shape index (κ1) is 11.3. The lowest BCUT2D eigenvalue weighted by Gasteiger charge is -2.38. The van der Waals surface area contributed by atoms with Crippen LogP contribution in [0.1, 0.15) is 16.4 Å². The molecule has 1 fully saturated rings. The Hall–Kier alpha value is -2.57. The van der Waals surface area contributed by atoms with Crippen LogP contribution in [0.4, 0.5) is 0 Å². The predicted molar refractivity (Wildman–Crippen MR) is 67.5 cm³/mol. The van der Waals surface area contributed by atoms with E-state index in [1.54, 1.807) is 40.3 Å². The van der Waals surface area contributed by atoms with Gasteiger partial charge in [-0.15, -0.1) is 0 Å². The van der Waals surface area contributed by atoms with Gasteiger partial charge in [0.2, 0.25) is 6.79 Å². The molecule has 1 aromatic heterocycles. The molecule has 0 aliphatic carbocycles. The number of hydrogen-bond acceptors (Lipinski definition) is 5. The fourth-order valence-electron chi connectivity index (χ4n) is 2.39. The van der Waals surface area contributed by atoms with Gasteiger partial charge in [-0.05, 0) is 18.2 Å². The molecular weight excluding hydrogens is 260 g/mol. The molecule has 1 amide bonds. The first-order valence-corrected chi connectivity index (χ1v) is 6.36. The van der Waals surface area contributed by atoms with E-state index in [1.807, 2.05) is 0 Å². The summed E-state index contributed by atoms with van der Waals surface area (Å²) in [5, 5.41) is 8.17. The molecule has 2 aromatic rings. The molecule has 0 saturated carbocycles. The Labute approximate surface area is 114 Å². The number of nitrogens with zero attached hydrogens (tertiary/aromatic N) is 4. The van der Waals surface area contributed by atoms with E-state index in [-0.39, 0.29) is 18.7 Å². The summed E-state index contributed by atoms with van der Waals surface area (Å²) < 4.78 is 10.5. The minimum Gasteiger partial charge on any atom is -0.454 e. The molecule has 7 nitrogen and oxygen atoms in total. The summed E-state index contributed by atoms with van der Waals surface area (Å²) in [5.74, 6) is 1.30. The Balaban J connectivity index is 1.47. The van der Waals surface area contributed by atoms with E-state index < -0.39 is 0 Å². The zero-order valence-corrected chi connectivity index (χ0v) is 10.6. The predicted octanol–water partition coefficient (Wildman–Crippen LogP) is 0.704. The molecule has 0 N–H and O–H groups in total. The Bertz CT molecular complexity index is 650. The fraction of sp³-hybridized carbons (Fsp3) is 0.308. The van der Waals surface area contributed by atoms with E-state index >= 15 is 0 Å². The molecule has 3 heterocycles. The van der Waals surface area contributed by atoms with Crippen LogP contribution in [0.25, 0.3) is 0 Å². The number of amides is 1. The quantitative estimate of drug-likeness (QED) is 0.805. The van der Waals surface area contributed by atoms with Crippen LogP contribution in [0.5, 0.6) is 11.5 Å². The Morgan fingerprint density at radius 3 is 2.70 bits per heavy atom. The normalized spacial score (nSPS) is 17.1. The van der Waals surface area contributed by atoms with E-state index in [4.69, 9.17) is 9.47 Å². The molecule has 0 unspecified atom stereocenters. The van der Waals surface area contributed by atoms with Crippen LogP contribution in [-0.2, 0) is 0 Å². The van der Waals surface area contributed by atoms with E-state index in [0.29, 0.717) is 30.2 Å². The average molecular weight is 272 g/mol. The summed E-state index contributed by atoms with van der Waals surface area (Å²) in [6.45, 7) is 1.47. The number of fused-ring (bicyclic) bond motifs is 1. The van der Waals surface area contributed by atoms with Crippen LogP contribution < -0.4 is 9.47 Å². The third kappa shape index (κ3) is 1.70. The Morgan fingerprint density at radius 2 is 1.90 bits per heavy atom. The zero-order valence-electron chi connectivity index (χ0n) is 10.6. The number of rotatable bonds is 2. The summed E-state index contributed by atoms with van der Waals surface area (Å²) in [5.41, 5.74) is 0.612. The van der Waals surface area contributed by atoms with E-state index in [0.717, 1.165) is 0 Å². The van der Waals surface area contributed by atoms with Crippen LogP contribution >= 0.6 is 0 Å². The lowest BCUT2D eigenvalue weighted by molar-refractivity contribution is 0.0476. The number of hydrogen-bond donors (Lipinski definition) is 0. The zero-order chi connectivity index (χ0) is 13.5. The number of aromatic nitrogens is 3. The van der Waals surface area contributed by atoms with Gasteiger partial charge in [0, 0.05) is 18.7 Å². The van der Waals surface area contributed by atoms with Gasteiger partial charge < -0.3 is 14.4 Å². The summed E-state index contributed by atoms with van der Waals surface area (Å²) in [4.78, 5) is 15.7. The Morgan fingerprint density at radius 1 is 1.15 bits per heavy atom. The van der Waals surface area contributed by atoms with E-state index in [1.165, 1.54) is 0 Å². The highest BCUT2D eigenvalue weighted by atomic mass is 16.7. The van der Waals surface area contributed by atoms with Crippen molar-refractivity contribution in [2.24, 2.45) is 0 Å². The molecule has 0 bridgehead atoms. The third-order valence-corrected chi connectivity index (χ3v) is 3.53. The molecule has 20 heavy (non-hydrogen) atoms. The van der Waals surface area contributed by atoms with Crippen molar-refractivity contribution in [2.75, 3.05) is 19.9 Å². The number of benzene rings is 1. The van der Waals surface area contributed by atoms with Crippen LogP contribution in [0.3, 0.4) is 0 Å². The highest BCUT2D eigenvalue weighted by Crippen LogP contribution is 2.33. The standard InChI is InChI=1S/C13H12N4O3/c18-13(9-1-2-11-12(5-9)20-8-19-11)16-6-10(7-16)17-14-3-4-15-17/h1-5,10H,6-8H2. The summed E-state index contributed by atoms with van der Waals surface area (Å²) in [7, 11) is 0. The largest absolute Gasteiger partial charge is 0.454 e. The third-order valence-electron chi connectivity index (χ3n) is 3.53. The topological polar surface area (TPSA) is 69.5 Å². The molecule has 2 aliphatic heterocycles. The molecular formula is C13H12N4O3. The molecule has 0 atom stereocenters. The minimum atomic E-state index is -0.00768. The van der Waals surface area contributed by atoms with Gasteiger partial charge in [-0.1, -0.05) is 0 Å². The second kappa shape index (κ2) is 4.22. The average Bonchev–Trinajstić information content (AvgIpc) is 3.06. The van der Waals surface area contributed by atoms with Crippen molar-refractivity contribution in [1.29, 1.82) is 0 Å². The second-order valence-electron chi connectivity index (χ2n) is 4.78. The molecule has 0 radical (unpaired) electrons. The summed E-state index contributed by atoms with van der Waals surface area (Å²) in [6, 6.07) is 5.42. The van der Waals surface area contributed by atoms with E-state index in [2.05, 4.69) is 10.2 Å². The van der Waals surface area contributed by atoms with E-state index in [9.17, 15) is 4.79 Å². The number of carbonyl (C=O) groups excluding carboxylic acids is 1. The first-order chi connectivity index (χ1) is 9.81. The second-order valence-corrected chi connectivity index (χ2v) is 4.78. The molecule has 102 valence electrons. The fourth-order valence-corrected chi connectivity index (χ4v) is 2.39. The summed E-state index contributed by atoms with van der Waals surface area (Å²) >= 11 is 0. The molecule has 4 rings (SSSR count). The molecule has 0 spiro atoms. The molecule has 1 saturated heterocycles. The maximum absolute atomic E-state index is 12.3. The number of carbonyl (C=O) groups is 1. The smallest absolute Gasteiger partial charge is 0.254 e. The van der Waals surface area contributed by atoms with Crippen molar-refractivity contribution in [2.45, 2.75) is 6.04 Å². The van der Waals surface area contributed by atoms with Crippen molar-refractivity contribution >= 4 is 5.91 Å². The van der Waals surface area contributed by atoms with Gasteiger partial charge in [-0.3, -0.25) is 4.79 Å². The van der Waals surface area contributed by atoms with Gasteiger partial charge >= 0.3 is 0 Å². The highest BCUT2D eigenvalue weighted by molar-refractivity contribution is 5.95. The van der Waals surface area contributed by atoms with Crippen molar-refractivity contribution in [3.63, 3.8) is 0 Å². The van der Waals surface area contributed by atoms with Gasteiger partial charge in [-0.2, -0.15) is 15.0 Å². The van der Waals surface area contributed by atoms with Gasteiger partial charge in [0.1, 0.15) is 6.04 Å². The molecule has 2 aliphatic rings. The molecule has 7 heteroatoms. The maximum Gasteiger partial charge on any atom is 0.254 e. The van der Waals surface area contributed by atoms with Crippen molar-refractivity contribution in [1.82, 2.24) is 19.9 Å². The van der Waals surface area contributed by atoms with Crippen LogP contribution in [0, 0.1) is 0 Å². The van der Waals surface area contributed by atoms with Crippen LogP contribution in [0.2, 0.25) is 0 Å². The number of ether oxygens (including phenoxy) is 2. The van der Waals surface area contributed by atoms with Crippen LogP contribution in [0.15, 0.2) is 30.6 Å². The monoisotopic (exact) mass is 272 g/mol. The Kier molecular flexibility index (Phi) is 2.38.